The van der Waals surface area contributed by atoms with Crippen LogP contribution in [0.2, 0.25) is 0 Å². The Morgan fingerprint density at radius 1 is 1.54 bits per heavy atom. The van der Waals surface area contributed by atoms with Crippen LogP contribution < -0.4 is 5.73 Å². The van der Waals surface area contributed by atoms with Crippen LogP contribution in [0.15, 0.2) is 6.20 Å². The minimum Gasteiger partial charge on any atom is -0.380 e. The number of H-pyrrole nitrogens is 1. The molecular weight excluding hydrogens is 166 g/mol. The summed E-state index contributed by atoms with van der Waals surface area (Å²) >= 11 is 0. The zero-order chi connectivity index (χ0) is 9.26. The molecule has 0 aliphatic carbocycles. The Hall–Kier alpha value is -1.65. The highest BCUT2D eigenvalue weighted by Crippen LogP contribution is 2.14. The molecule has 0 saturated carbocycles. The van der Waals surface area contributed by atoms with Crippen LogP contribution in [-0.4, -0.2) is 20.2 Å². The number of aromatic amines is 1. The standard InChI is InChI=1S/C8H11N5/c1-2-3-6-11-5-4-10-13-8(9)7(5)12-6/h4H,2-3H2,1H3,(H2,9,13)(H,11,12). The van der Waals surface area contributed by atoms with Crippen molar-refractivity contribution < 1.29 is 0 Å². The number of nitrogens with one attached hydrogen (secondary N) is 1. The summed E-state index contributed by atoms with van der Waals surface area (Å²) in [7, 11) is 0. The number of nitrogen functional groups attached to an aromatic ring is 1. The summed E-state index contributed by atoms with van der Waals surface area (Å²) in [5.74, 6) is 1.33. The Kier molecular flexibility index (Phi) is 1.84. The second kappa shape index (κ2) is 3.01. The molecule has 5 heteroatoms. The summed E-state index contributed by atoms with van der Waals surface area (Å²) in [5.41, 5.74) is 7.19. The fourth-order valence-electron chi connectivity index (χ4n) is 1.28. The fourth-order valence-corrected chi connectivity index (χ4v) is 1.28. The Balaban J connectivity index is 2.55. The van der Waals surface area contributed by atoms with Crippen LogP contribution in [0.3, 0.4) is 0 Å². The molecular formula is C8H11N5. The lowest BCUT2D eigenvalue weighted by molar-refractivity contribution is 0.861. The summed E-state index contributed by atoms with van der Waals surface area (Å²) < 4.78 is 0. The van der Waals surface area contributed by atoms with Crippen LogP contribution in [0, 0.1) is 0 Å². The number of rotatable bonds is 2. The molecule has 0 aliphatic rings. The first-order chi connectivity index (χ1) is 6.31. The minimum atomic E-state index is 0.385. The van der Waals surface area contributed by atoms with E-state index < -0.39 is 0 Å². The van der Waals surface area contributed by atoms with E-state index in [-0.39, 0.29) is 0 Å². The first kappa shape index (κ1) is 7.97. The second-order valence-corrected chi connectivity index (χ2v) is 2.93. The van der Waals surface area contributed by atoms with Crippen LogP contribution in [0.4, 0.5) is 5.82 Å². The quantitative estimate of drug-likeness (QED) is 0.713. The lowest BCUT2D eigenvalue weighted by atomic mass is 10.3. The maximum atomic E-state index is 5.61. The zero-order valence-corrected chi connectivity index (χ0v) is 7.41. The van der Waals surface area contributed by atoms with Gasteiger partial charge in [-0.15, -0.1) is 5.10 Å². The summed E-state index contributed by atoms with van der Waals surface area (Å²) in [6, 6.07) is 0. The van der Waals surface area contributed by atoms with Crippen molar-refractivity contribution in [2.45, 2.75) is 19.8 Å². The molecule has 0 aliphatic heterocycles. The third kappa shape index (κ3) is 1.32. The average Bonchev–Trinajstić information content (AvgIpc) is 2.49. The van der Waals surface area contributed by atoms with Crippen molar-refractivity contribution >= 4 is 16.9 Å². The van der Waals surface area contributed by atoms with Gasteiger partial charge in [-0.3, -0.25) is 0 Å². The summed E-state index contributed by atoms with van der Waals surface area (Å²) in [6.07, 6.45) is 3.62. The van der Waals surface area contributed by atoms with Gasteiger partial charge in [0, 0.05) is 6.42 Å². The van der Waals surface area contributed by atoms with Gasteiger partial charge in [-0.05, 0) is 6.42 Å². The molecule has 0 atom stereocenters. The van der Waals surface area contributed by atoms with E-state index in [0.29, 0.717) is 5.82 Å². The van der Waals surface area contributed by atoms with Gasteiger partial charge in [0.2, 0.25) is 0 Å². The molecule has 13 heavy (non-hydrogen) atoms. The zero-order valence-electron chi connectivity index (χ0n) is 7.41. The molecule has 0 spiro atoms. The molecule has 2 rings (SSSR count). The number of anilines is 1. The van der Waals surface area contributed by atoms with Crippen LogP contribution in [0.5, 0.6) is 0 Å². The molecule has 68 valence electrons. The summed E-state index contributed by atoms with van der Waals surface area (Å²) in [5, 5.41) is 7.47. The van der Waals surface area contributed by atoms with Gasteiger partial charge in [0.05, 0.1) is 11.7 Å². The number of nitrogens with zero attached hydrogens (tertiary/aromatic N) is 3. The maximum Gasteiger partial charge on any atom is 0.174 e. The third-order valence-electron chi connectivity index (χ3n) is 1.86. The Bertz CT molecular complexity index is 419. The number of aryl methyl sites for hydroxylation is 1. The van der Waals surface area contributed by atoms with E-state index in [1.54, 1.807) is 6.20 Å². The molecule has 5 nitrogen and oxygen atoms in total. The molecule has 2 aromatic heterocycles. The summed E-state index contributed by atoms with van der Waals surface area (Å²) in [4.78, 5) is 7.46. The number of fused-ring (bicyclic) bond motifs is 1. The lowest BCUT2D eigenvalue weighted by Crippen LogP contribution is -1.93. The van der Waals surface area contributed by atoms with Gasteiger partial charge in [0.1, 0.15) is 11.3 Å². The van der Waals surface area contributed by atoms with E-state index in [1.807, 2.05) is 0 Å². The Morgan fingerprint density at radius 2 is 2.38 bits per heavy atom. The second-order valence-electron chi connectivity index (χ2n) is 2.93. The van der Waals surface area contributed by atoms with E-state index in [9.17, 15) is 0 Å². The summed E-state index contributed by atoms with van der Waals surface area (Å²) in [6.45, 7) is 2.10. The van der Waals surface area contributed by atoms with Gasteiger partial charge in [0.15, 0.2) is 5.82 Å². The molecule has 0 unspecified atom stereocenters. The Labute approximate surface area is 75.4 Å². The average molecular weight is 177 g/mol. The molecule has 0 aromatic carbocycles. The highest BCUT2D eigenvalue weighted by molar-refractivity contribution is 5.83. The first-order valence-electron chi connectivity index (χ1n) is 4.27. The van der Waals surface area contributed by atoms with Gasteiger partial charge in [-0.25, -0.2) is 4.98 Å². The highest BCUT2D eigenvalue weighted by atomic mass is 15.1. The van der Waals surface area contributed by atoms with Crippen molar-refractivity contribution in [1.29, 1.82) is 0 Å². The normalized spacial score (nSPS) is 10.8. The fraction of sp³-hybridized carbons (Fsp3) is 0.375. The van der Waals surface area contributed by atoms with Crippen molar-refractivity contribution in [3.8, 4) is 0 Å². The van der Waals surface area contributed by atoms with Crippen molar-refractivity contribution in [2.24, 2.45) is 0 Å². The van der Waals surface area contributed by atoms with Crippen molar-refractivity contribution in [1.82, 2.24) is 20.2 Å². The largest absolute Gasteiger partial charge is 0.380 e. The first-order valence-corrected chi connectivity index (χ1v) is 4.27. The van der Waals surface area contributed by atoms with Gasteiger partial charge in [-0.2, -0.15) is 5.10 Å². The maximum absolute atomic E-state index is 5.61. The smallest absolute Gasteiger partial charge is 0.174 e. The van der Waals surface area contributed by atoms with E-state index in [1.165, 1.54) is 0 Å². The van der Waals surface area contributed by atoms with Gasteiger partial charge >= 0.3 is 0 Å². The molecule has 2 heterocycles. The van der Waals surface area contributed by atoms with Crippen molar-refractivity contribution in [3.63, 3.8) is 0 Å². The number of imidazole rings is 1. The van der Waals surface area contributed by atoms with Crippen LogP contribution in [0.1, 0.15) is 19.2 Å². The highest BCUT2D eigenvalue weighted by Gasteiger charge is 2.05. The number of hydrogen-bond donors (Lipinski definition) is 2. The minimum absolute atomic E-state index is 0.385. The number of hydrogen-bond acceptors (Lipinski definition) is 4. The Morgan fingerprint density at radius 3 is 3.08 bits per heavy atom. The lowest BCUT2D eigenvalue weighted by Gasteiger charge is -1.88. The molecule has 0 saturated heterocycles. The predicted molar refractivity (Wildman–Crippen MR) is 50.1 cm³/mol. The monoisotopic (exact) mass is 177 g/mol. The van der Waals surface area contributed by atoms with E-state index in [0.717, 1.165) is 29.7 Å². The third-order valence-corrected chi connectivity index (χ3v) is 1.86. The topological polar surface area (TPSA) is 80.5 Å². The van der Waals surface area contributed by atoms with E-state index >= 15 is 0 Å². The molecule has 0 bridgehead atoms. The molecule has 0 fully saturated rings. The molecule has 0 amide bonds. The SMILES string of the molecule is CCCc1nc2c(N)nncc2[nH]1. The van der Waals surface area contributed by atoms with Gasteiger partial charge < -0.3 is 10.7 Å². The van der Waals surface area contributed by atoms with Crippen LogP contribution in [-0.2, 0) is 6.42 Å². The van der Waals surface area contributed by atoms with Crippen molar-refractivity contribution in [2.75, 3.05) is 5.73 Å². The van der Waals surface area contributed by atoms with E-state index in [2.05, 4.69) is 27.1 Å². The predicted octanol–water partition coefficient (Wildman–Crippen LogP) is 0.888. The van der Waals surface area contributed by atoms with Crippen LogP contribution in [0.25, 0.3) is 11.0 Å². The molecule has 0 radical (unpaired) electrons. The molecule has 3 N–H and O–H groups in total. The van der Waals surface area contributed by atoms with Crippen LogP contribution >= 0.6 is 0 Å². The van der Waals surface area contributed by atoms with Gasteiger partial charge in [0.25, 0.3) is 0 Å². The van der Waals surface area contributed by atoms with Crippen molar-refractivity contribution in [3.05, 3.63) is 12.0 Å². The van der Waals surface area contributed by atoms with E-state index in [4.69, 9.17) is 5.73 Å². The number of aromatic nitrogens is 4. The molecule has 2 aromatic rings. The van der Waals surface area contributed by atoms with Gasteiger partial charge in [-0.1, -0.05) is 6.92 Å². The number of nitrogens with two attached hydrogens (primary N) is 1.